The van der Waals surface area contributed by atoms with Crippen LogP contribution in [0.2, 0.25) is 0 Å². The topological polar surface area (TPSA) is 54.6 Å². The van der Waals surface area contributed by atoms with Crippen molar-refractivity contribution in [1.29, 1.82) is 0 Å². The zero-order chi connectivity index (χ0) is 18.5. The van der Waals surface area contributed by atoms with Crippen molar-refractivity contribution in [2.24, 2.45) is 15.9 Å². The normalized spacial score (nSPS) is 17.5. The summed E-state index contributed by atoms with van der Waals surface area (Å²) >= 11 is 0. The molecule has 5 heteroatoms. The highest BCUT2D eigenvalue weighted by Gasteiger charge is 2.30. The van der Waals surface area contributed by atoms with Gasteiger partial charge in [0.15, 0.2) is 5.84 Å². The van der Waals surface area contributed by atoms with E-state index in [1.54, 1.807) is 0 Å². The molecule has 1 N–H and O–H groups in total. The Morgan fingerprint density at radius 3 is 2.77 bits per heavy atom. The molecule has 1 unspecified atom stereocenters. The lowest BCUT2D eigenvalue weighted by molar-refractivity contribution is 0.659. The van der Waals surface area contributed by atoms with E-state index in [2.05, 4.69) is 58.7 Å². The van der Waals surface area contributed by atoms with Crippen molar-refractivity contribution in [2.45, 2.75) is 34.2 Å². The van der Waals surface area contributed by atoms with Gasteiger partial charge in [0.25, 0.3) is 0 Å². The summed E-state index contributed by atoms with van der Waals surface area (Å²) in [6, 6.07) is 8.26. The number of rotatable bonds is 3. The van der Waals surface area contributed by atoms with Crippen LogP contribution >= 0.6 is 0 Å². The van der Waals surface area contributed by atoms with E-state index in [1.807, 2.05) is 49.3 Å². The first-order chi connectivity index (χ1) is 12.7. The van der Waals surface area contributed by atoms with E-state index in [0.29, 0.717) is 0 Å². The summed E-state index contributed by atoms with van der Waals surface area (Å²) in [6.07, 6.45) is 9.84. The Morgan fingerprint density at radius 2 is 2.04 bits per heavy atom. The third kappa shape index (κ3) is 3.52. The number of aromatic nitrogens is 2. The molecule has 1 atom stereocenters. The molecule has 0 radical (unpaired) electrons. The second kappa shape index (κ2) is 7.95. The van der Waals surface area contributed by atoms with Gasteiger partial charge < -0.3 is 5.32 Å². The number of amidine groups is 1. The van der Waals surface area contributed by atoms with E-state index in [-0.39, 0.29) is 5.92 Å². The number of nitrogens with zero attached hydrogens (tertiary/aromatic N) is 4. The molecule has 0 bridgehead atoms. The summed E-state index contributed by atoms with van der Waals surface area (Å²) in [6.45, 7) is 9.02. The van der Waals surface area contributed by atoms with Crippen LogP contribution in [0.4, 0.5) is 5.69 Å². The molecule has 134 valence electrons. The summed E-state index contributed by atoms with van der Waals surface area (Å²) in [5.74, 6) is 0.937. The van der Waals surface area contributed by atoms with E-state index in [0.717, 1.165) is 29.3 Å². The maximum atomic E-state index is 4.62. The largest absolute Gasteiger partial charge is 0.339 e. The summed E-state index contributed by atoms with van der Waals surface area (Å²) in [5.41, 5.74) is 5.47. The van der Waals surface area contributed by atoms with Gasteiger partial charge in [-0.15, -0.1) is 0 Å². The number of benzene rings is 1. The quantitative estimate of drug-likeness (QED) is 0.876. The van der Waals surface area contributed by atoms with Crippen molar-refractivity contribution in [3.8, 4) is 0 Å². The molecular formula is C21H25N5. The smallest absolute Gasteiger partial charge is 0.153 e. The molecule has 26 heavy (non-hydrogen) atoms. The second-order valence-corrected chi connectivity index (χ2v) is 5.97. The Bertz CT molecular complexity index is 899. The molecule has 3 heterocycles. The second-order valence-electron chi connectivity index (χ2n) is 5.97. The highest BCUT2D eigenvalue weighted by Crippen LogP contribution is 2.32. The lowest BCUT2D eigenvalue weighted by Crippen LogP contribution is -2.29. The highest BCUT2D eigenvalue weighted by molar-refractivity contribution is 6.49. The molecule has 4 rings (SSSR count). The Hall–Kier alpha value is -2.95. The number of fused-ring (bicyclic) bond motifs is 1. The van der Waals surface area contributed by atoms with Crippen molar-refractivity contribution < 1.29 is 0 Å². The molecule has 0 spiro atoms. The molecule has 0 aliphatic carbocycles. The molecule has 0 saturated heterocycles. The Morgan fingerprint density at radius 1 is 1.19 bits per heavy atom. The predicted octanol–water partition coefficient (Wildman–Crippen LogP) is 4.69. The molecule has 5 nitrogen and oxygen atoms in total. The fourth-order valence-corrected chi connectivity index (χ4v) is 3.02. The first kappa shape index (κ1) is 17.9. The van der Waals surface area contributed by atoms with Crippen LogP contribution in [0.15, 0.2) is 65.1 Å². The van der Waals surface area contributed by atoms with Gasteiger partial charge in [0.1, 0.15) is 0 Å². The summed E-state index contributed by atoms with van der Waals surface area (Å²) in [7, 11) is 0. The van der Waals surface area contributed by atoms with E-state index in [1.165, 1.54) is 11.1 Å². The molecule has 0 saturated carbocycles. The van der Waals surface area contributed by atoms with Gasteiger partial charge in [-0.25, -0.2) is 4.99 Å². The van der Waals surface area contributed by atoms with E-state index >= 15 is 0 Å². The number of anilines is 1. The Balaban J connectivity index is 0.000000948. The highest BCUT2D eigenvalue weighted by atomic mass is 15.3. The monoisotopic (exact) mass is 347 g/mol. The maximum Gasteiger partial charge on any atom is 0.153 e. The summed E-state index contributed by atoms with van der Waals surface area (Å²) in [4.78, 5) is 9.11. The van der Waals surface area contributed by atoms with Crippen molar-refractivity contribution in [1.82, 2.24) is 9.78 Å². The van der Waals surface area contributed by atoms with Crippen LogP contribution in [0.5, 0.6) is 0 Å². The lowest BCUT2D eigenvalue weighted by atomic mass is 9.91. The predicted molar refractivity (Wildman–Crippen MR) is 110 cm³/mol. The minimum absolute atomic E-state index is 0.129. The zero-order valence-corrected chi connectivity index (χ0v) is 15.8. The van der Waals surface area contributed by atoms with Gasteiger partial charge in [0.2, 0.25) is 0 Å². The van der Waals surface area contributed by atoms with Crippen LogP contribution < -0.4 is 5.32 Å². The maximum absolute atomic E-state index is 4.62. The van der Waals surface area contributed by atoms with Crippen molar-refractivity contribution in [3.63, 3.8) is 0 Å². The van der Waals surface area contributed by atoms with Crippen LogP contribution in [0.1, 0.15) is 31.9 Å². The fraction of sp³-hybridized carbons (Fsp3) is 0.286. The van der Waals surface area contributed by atoms with E-state index < -0.39 is 0 Å². The molecule has 2 aliphatic heterocycles. The van der Waals surface area contributed by atoms with Gasteiger partial charge in [-0.2, -0.15) is 5.10 Å². The van der Waals surface area contributed by atoms with Crippen LogP contribution in [-0.2, 0) is 6.54 Å². The molecule has 1 aromatic carbocycles. The van der Waals surface area contributed by atoms with E-state index in [9.17, 15) is 0 Å². The van der Waals surface area contributed by atoms with E-state index in [4.69, 9.17) is 0 Å². The van der Waals surface area contributed by atoms with Gasteiger partial charge in [-0.1, -0.05) is 32.1 Å². The van der Waals surface area contributed by atoms with Gasteiger partial charge in [-0.05, 0) is 37.1 Å². The Kier molecular flexibility index (Phi) is 5.46. The number of hydrogen-bond donors (Lipinski definition) is 1. The Labute approximate surface area is 154 Å². The molecule has 2 aliphatic rings. The van der Waals surface area contributed by atoms with Gasteiger partial charge in [-0.3, -0.25) is 9.67 Å². The fourth-order valence-electron chi connectivity index (χ4n) is 3.02. The SMILES string of the molecule is CC.CCn1cc(C2=CN=C3C(Nc4cccc(C)c4)=NC=CC23)cn1. The van der Waals surface area contributed by atoms with Crippen LogP contribution in [-0.4, -0.2) is 21.3 Å². The minimum atomic E-state index is 0.129. The zero-order valence-electron chi connectivity index (χ0n) is 15.8. The first-order valence-corrected chi connectivity index (χ1v) is 9.13. The average molecular weight is 347 g/mol. The number of aryl methyl sites for hydroxylation is 2. The van der Waals surface area contributed by atoms with Crippen LogP contribution in [0.3, 0.4) is 0 Å². The van der Waals surface area contributed by atoms with Gasteiger partial charge >= 0.3 is 0 Å². The third-order valence-electron chi connectivity index (χ3n) is 4.27. The molecule has 0 fully saturated rings. The van der Waals surface area contributed by atoms with Crippen LogP contribution in [0, 0.1) is 12.8 Å². The summed E-state index contributed by atoms with van der Waals surface area (Å²) < 4.78 is 1.93. The van der Waals surface area contributed by atoms with Crippen molar-refractivity contribution in [2.75, 3.05) is 5.32 Å². The third-order valence-corrected chi connectivity index (χ3v) is 4.27. The van der Waals surface area contributed by atoms with Crippen molar-refractivity contribution >= 4 is 22.8 Å². The number of aliphatic imine (C=N–C) groups is 2. The molecule has 1 aromatic heterocycles. The standard InChI is InChI=1S/C19H19N5.C2H6/c1-3-24-12-14(10-22-24)17-11-21-18-16(17)7-8-20-19(18)23-15-6-4-5-13(2)9-15;1-2/h4-12,16H,3H2,1-2H3,(H,20,23);1-2H3. The number of allylic oxidation sites excluding steroid dienone is 2. The lowest BCUT2D eigenvalue weighted by Gasteiger charge is -2.19. The number of hydrogen-bond acceptors (Lipinski definition) is 4. The molecule has 2 aromatic rings. The van der Waals surface area contributed by atoms with Gasteiger partial charge in [0, 0.05) is 36.4 Å². The number of nitrogens with one attached hydrogen (secondary N) is 1. The molecular weight excluding hydrogens is 322 g/mol. The van der Waals surface area contributed by atoms with Crippen molar-refractivity contribution in [3.05, 3.63) is 66.3 Å². The average Bonchev–Trinajstić information content (AvgIpc) is 3.30. The molecule has 0 amide bonds. The summed E-state index contributed by atoms with van der Waals surface area (Å²) in [5, 5.41) is 7.76. The first-order valence-electron chi connectivity index (χ1n) is 9.13. The minimum Gasteiger partial charge on any atom is -0.339 e. The van der Waals surface area contributed by atoms with Gasteiger partial charge in [0.05, 0.1) is 17.8 Å². The van der Waals surface area contributed by atoms with Crippen LogP contribution in [0.25, 0.3) is 5.57 Å².